The van der Waals surface area contributed by atoms with Gasteiger partial charge in [0.1, 0.15) is 0 Å². The molecular formula is C17H15ClN2O2. The van der Waals surface area contributed by atoms with Gasteiger partial charge < -0.3 is 10.6 Å². The minimum Gasteiger partial charge on any atom is -0.352 e. The third-order valence-corrected chi connectivity index (χ3v) is 4.08. The molecule has 0 saturated heterocycles. The number of amides is 2. The Labute approximate surface area is 133 Å². The molecular weight excluding hydrogens is 300 g/mol. The summed E-state index contributed by atoms with van der Waals surface area (Å²) in [6.07, 6.45) is 0.555. The number of hydrogen-bond donors (Lipinski definition) is 2. The fourth-order valence-electron chi connectivity index (χ4n) is 2.63. The standard InChI is InChI=1S/C17H15ClN2O2/c18-14-7-3-1-6-13(14)16(21)19-10-9-12-11-5-2-4-8-15(11)20-17(12)22/h1-8,12H,9-10H2,(H,19,21)(H,20,22). The molecule has 112 valence electrons. The number of halogens is 1. The molecule has 1 heterocycles. The molecule has 0 spiro atoms. The maximum Gasteiger partial charge on any atom is 0.252 e. The van der Waals surface area contributed by atoms with Gasteiger partial charge in [-0.2, -0.15) is 0 Å². The summed E-state index contributed by atoms with van der Waals surface area (Å²) in [6, 6.07) is 14.5. The second-order valence-corrected chi connectivity index (χ2v) is 5.56. The molecule has 0 bridgehead atoms. The first kappa shape index (κ1) is 14.6. The molecule has 5 heteroatoms. The van der Waals surface area contributed by atoms with Crippen molar-refractivity contribution in [2.45, 2.75) is 12.3 Å². The quantitative estimate of drug-likeness (QED) is 0.910. The molecule has 22 heavy (non-hydrogen) atoms. The van der Waals surface area contributed by atoms with Crippen LogP contribution in [0.1, 0.15) is 28.3 Å². The number of para-hydroxylation sites is 1. The van der Waals surface area contributed by atoms with Gasteiger partial charge in [-0.3, -0.25) is 9.59 Å². The first-order valence-corrected chi connectivity index (χ1v) is 7.47. The normalized spacial score (nSPS) is 16.0. The van der Waals surface area contributed by atoms with E-state index in [0.29, 0.717) is 23.6 Å². The minimum absolute atomic E-state index is 0.0202. The zero-order valence-corrected chi connectivity index (χ0v) is 12.6. The number of hydrogen-bond acceptors (Lipinski definition) is 2. The molecule has 3 rings (SSSR count). The molecule has 1 aliphatic rings. The van der Waals surface area contributed by atoms with E-state index in [1.165, 1.54) is 0 Å². The van der Waals surface area contributed by atoms with Gasteiger partial charge in [0.2, 0.25) is 5.91 Å². The topological polar surface area (TPSA) is 58.2 Å². The van der Waals surface area contributed by atoms with E-state index in [-0.39, 0.29) is 17.7 Å². The summed E-state index contributed by atoms with van der Waals surface area (Å²) in [5, 5.41) is 6.09. The van der Waals surface area contributed by atoms with Crippen molar-refractivity contribution >= 4 is 29.1 Å². The highest BCUT2D eigenvalue weighted by Gasteiger charge is 2.29. The van der Waals surface area contributed by atoms with E-state index >= 15 is 0 Å². The average molecular weight is 315 g/mol. The molecule has 2 N–H and O–H groups in total. The van der Waals surface area contributed by atoms with Crippen molar-refractivity contribution in [1.29, 1.82) is 0 Å². The van der Waals surface area contributed by atoms with Crippen LogP contribution in [0.5, 0.6) is 0 Å². The Kier molecular flexibility index (Phi) is 4.11. The number of nitrogens with one attached hydrogen (secondary N) is 2. The van der Waals surface area contributed by atoms with Gasteiger partial charge in [0, 0.05) is 12.2 Å². The Hall–Kier alpha value is -2.33. The van der Waals surface area contributed by atoms with E-state index < -0.39 is 0 Å². The number of fused-ring (bicyclic) bond motifs is 1. The van der Waals surface area contributed by atoms with Crippen molar-refractivity contribution < 1.29 is 9.59 Å². The monoisotopic (exact) mass is 314 g/mol. The highest BCUT2D eigenvalue weighted by molar-refractivity contribution is 6.33. The third-order valence-electron chi connectivity index (χ3n) is 3.75. The third kappa shape index (κ3) is 2.83. The summed E-state index contributed by atoms with van der Waals surface area (Å²) < 4.78 is 0. The first-order valence-electron chi connectivity index (χ1n) is 7.09. The summed E-state index contributed by atoms with van der Waals surface area (Å²) >= 11 is 5.99. The van der Waals surface area contributed by atoms with Crippen LogP contribution in [0.4, 0.5) is 5.69 Å². The molecule has 2 aromatic rings. The highest BCUT2D eigenvalue weighted by atomic mass is 35.5. The number of carbonyl (C=O) groups excluding carboxylic acids is 2. The molecule has 1 atom stereocenters. The van der Waals surface area contributed by atoms with Crippen LogP contribution >= 0.6 is 11.6 Å². The molecule has 0 radical (unpaired) electrons. The second-order valence-electron chi connectivity index (χ2n) is 5.15. The molecule has 2 amide bonds. The van der Waals surface area contributed by atoms with E-state index in [9.17, 15) is 9.59 Å². The Bertz CT molecular complexity index is 730. The van der Waals surface area contributed by atoms with E-state index in [1.807, 2.05) is 24.3 Å². The van der Waals surface area contributed by atoms with E-state index in [2.05, 4.69) is 10.6 Å². The smallest absolute Gasteiger partial charge is 0.252 e. The molecule has 1 unspecified atom stereocenters. The van der Waals surface area contributed by atoms with Crippen molar-refractivity contribution in [3.63, 3.8) is 0 Å². The van der Waals surface area contributed by atoms with Gasteiger partial charge in [-0.1, -0.05) is 41.9 Å². The van der Waals surface area contributed by atoms with Crippen LogP contribution in [-0.4, -0.2) is 18.4 Å². The maximum atomic E-state index is 12.1. The largest absolute Gasteiger partial charge is 0.352 e. The second kappa shape index (κ2) is 6.20. The van der Waals surface area contributed by atoms with Gasteiger partial charge in [-0.25, -0.2) is 0 Å². The van der Waals surface area contributed by atoms with Crippen LogP contribution in [-0.2, 0) is 4.79 Å². The van der Waals surface area contributed by atoms with Crippen molar-refractivity contribution in [2.75, 3.05) is 11.9 Å². The lowest BCUT2D eigenvalue weighted by Crippen LogP contribution is -2.27. The molecule has 4 nitrogen and oxygen atoms in total. The summed E-state index contributed by atoms with van der Waals surface area (Å²) in [6.45, 7) is 0.413. The van der Waals surface area contributed by atoms with Crippen molar-refractivity contribution in [2.24, 2.45) is 0 Å². The summed E-state index contributed by atoms with van der Waals surface area (Å²) in [5.41, 5.74) is 2.29. The lowest BCUT2D eigenvalue weighted by Gasteiger charge is -2.10. The fourth-order valence-corrected chi connectivity index (χ4v) is 2.85. The highest BCUT2D eigenvalue weighted by Crippen LogP contribution is 2.33. The van der Waals surface area contributed by atoms with E-state index in [0.717, 1.165) is 11.3 Å². The summed E-state index contributed by atoms with van der Waals surface area (Å²) in [5.74, 6) is -0.465. The van der Waals surface area contributed by atoms with Gasteiger partial charge in [0.15, 0.2) is 0 Å². The van der Waals surface area contributed by atoms with Crippen molar-refractivity contribution in [3.8, 4) is 0 Å². The number of benzene rings is 2. The van der Waals surface area contributed by atoms with Crippen LogP contribution in [0.25, 0.3) is 0 Å². The Morgan fingerprint density at radius 2 is 1.86 bits per heavy atom. The van der Waals surface area contributed by atoms with Crippen molar-refractivity contribution in [3.05, 3.63) is 64.7 Å². The van der Waals surface area contributed by atoms with Crippen LogP contribution in [0.15, 0.2) is 48.5 Å². The molecule has 0 aliphatic carbocycles. The molecule has 0 aromatic heterocycles. The van der Waals surface area contributed by atoms with Gasteiger partial charge >= 0.3 is 0 Å². The van der Waals surface area contributed by atoms with Gasteiger partial charge in [-0.15, -0.1) is 0 Å². The van der Waals surface area contributed by atoms with E-state index in [1.54, 1.807) is 24.3 Å². The lowest BCUT2D eigenvalue weighted by atomic mass is 9.97. The summed E-state index contributed by atoms with van der Waals surface area (Å²) in [7, 11) is 0. The first-order chi connectivity index (χ1) is 10.7. The number of anilines is 1. The van der Waals surface area contributed by atoms with Crippen LogP contribution in [0.2, 0.25) is 5.02 Å². The maximum absolute atomic E-state index is 12.1. The van der Waals surface area contributed by atoms with Gasteiger partial charge in [0.25, 0.3) is 5.91 Å². The average Bonchev–Trinajstić information content (AvgIpc) is 2.83. The number of carbonyl (C=O) groups is 2. The zero-order valence-electron chi connectivity index (χ0n) is 11.8. The lowest BCUT2D eigenvalue weighted by molar-refractivity contribution is -0.117. The fraction of sp³-hybridized carbons (Fsp3) is 0.176. The predicted octanol–water partition coefficient (Wildman–Crippen LogP) is 3.20. The van der Waals surface area contributed by atoms with Crippen molar-refractivity contribution in [1.82, 2.24) is 5.32 Å². The Morgan fingerprint density at radius 3 is 2.68 bits per heavy atom. The van der Waals surface area contributed by atoms with Crippen LogP contribution in [0.3, 0.4) is 0 Å². The minimum atomic E-state index is -0.225. The SMILES string of the molecule is O=C(NCCC1C(=O)Nc2ccccc21)c1ccccc1Cl. The van der Waals surface area contributed by atoms with Crippen LogP contribution < -0.4 is 10.6 Å². The zero-order chi connectivity index (χ0) is 15.5. The summed E-state index contributed by atoms with van der Waals surface area (Å²) in [4.78, 5) is 24.1. The molecule has 0 fully saturated rings. The molecule has 2 aromatic carbocycles. The van der Waals surface area contributed by atoms with Gasteiger partial charge in [-0.05, 0) is 30.2 Å². The van der Waals surface area contributed by atoms with E-state index in [4.69, 9.17) is 11.6 Å². The molecule has 0 saturated carbocycles. The Balaban J connectivity index is 1.61. The van der Waals surface area contributed by atoms with Gasteiger partial charge in [0.05, 0.1) is 16.5 Å². The van der Waals surface area contributed by atoms with Crippen LogP contribution in [0, 0.1) is 0 Å². The predicted molar refractivity (Wildman–Crippen MR) is 86.2 cm³/mol. The Morgan fingerprint density at radius 1 is 1.14 bits per heavy atom. The number of rotatable bonds is 4. The molecule has 1 aliphatic heterocycles.